The van der Waals surface area contributed by atoms with Crippen molar-refractivity contribution in [3.05, 3.63) is 29.8 Å². The Labute approximate surface area is 127 Å². The Morgan fingerprint density at radius 3 is 2.52 bits per heavy atom. The van der Waals surface area contributed by atoms with Gasteiger partial charge >= 0.3 is 0 Å². The molecule has 1 aromatic rings. The fourth-order valence-electron chi connectivity index (χ4n) is 2.55. The van der Waals surface area contributed by atoms with Crippen LogP contribution in [0.5, 0.6) is 0 Å². The van der Waals surface area contributed by atoms with E-state index in [0.717, 1.165) is 24.9 Å². The number of benzene rings is 1. The van der Waals surface area contributed by atoms with E-state index in [4.69, 9.17) is 10.5 Å². The summed E-state index contributed by atoms with van der Waals surface area (Å²) in [6.07, 6.45) is 4.51. The van der Waals surface area contributed by atoms with Crippen LogP contribution in [0.3, 0.4) is 0 Å². The number of methoxy groups -OCH3 is 1. The van der Waals surface area contributed by atoms with Crippen LogP contribution in [0.1, 0.15) is 51.0 Å². The highest BCUT2D eigenvalue weighted by molar-refractivity contribution is 5.92. The smallest absolute Gasteiger partial charge is 0.193 e. The fourth-order valence-corrected chi connectivity index (χ4v) is 2.55. The fraction of sp³-hybridized carbons (Fsp3) is 0.588. The highest BCUT2D eigenvalue weighted by Gasteiger charge is 2.36. The second kappa shape index (κ2) is 6.94. The lowest BCUT2D eigenvalue weighted by Gasteiger charge is -2.39. The molecule has 0 saturated heterocycles. The second-order valence-corrected chi connectivity index (χ2v) is 6.00. The van der Waals surface area contributed by atoms with Crippen LogP contribution in [-0.2, 0) is 4.74 Å². The predicted molar refractivity (Wildman–Crippen MR) is 88.9 cm³/mol. The molecule has 0 bridgehead atoms. The third-order valence-corrected chi connectivity index (χ3v) is 4.60. The van der Waals surface area contributed by atoms with Crippen molar-refractivity contribution >= 4 is 11.6 Å². The van der Waals surface area contributed by atoms with E-state index >= 15 is 0 Å². The predicted octanol–water partition coefficient (Wildman–Crippen LogP) is 3.50. The molecule has 0 heterocycles. The van der Waals surface area contributed by atoms with E-state index in [9.17, 15) is 0 Å². The summed E-state index contributed by atoms with van der Waals surface area (Å²) in [5, 5.41) is 3.14. The molecule has 1 fully saturated rings. The molecule has 0 aliphatic heterocycles. The normalized spacial score (nSPS) is 18.9. The molecule has 2 rings (SSSR count). The van der Waals surface area contributed by atoms with Crippen molar-refractivity contribution in [1.29, 1.82) is 0 Å². The minimum absolute atomic E-state index is 0.0767. The quantitative estimate of drug-likeness (QED) is 0.622. The van der Waals surface area contributed by atoms with E-state index in [0.29, 0.717) is 18.4 Å². The summed E-state index contributed by atoms with van der Waals surface area (Å²) in [5.41, 5.74) is 8.21. The zero-order valence-electron chi connectivity index (χ0n) is 13.4. The van der Waals surface area contributed by atoms with E-state index in [1.807, 2.05) is 0 Å². The Bertz CT molecular complexity index is 472. The number of aliphatic imine (C=N–C) groups is 1. The summed E-state index contributed by atoms with van der Waals surface area (Å²) >= 11 is 0. The van der Waals surface area contributed by atoms with Crippen molar-refractivity contribution in [1.82, 2.24) is 0 Å². The Morgan fingerprint density at radius 1 is 1.38 bits per heavy atom. The summed E-state index contributed by atoms with van der Waals surface area (Å²) in [6, 6.07) is 8.40. The van der Waals surface area contributed by atoms with Crippen molar-refractivity contribution < 1.29 is 4.74 Å². The van der Waals surface area contributed by atoms with Gasteiger partial charge in [0.05, 0.1) is 12.1 Å². The lowest BCUT2D eigenvalue weighted by molar-refractivity contribution is -0.0629. The number of guanidine groups is 1. The van der Waals surface area contributed by atoms with E-state index in [-0.39, 0.29) is 5.60 Å². The number of rotatable bonds is 6. The first-order chi connectivity index (χ1) is 10.1. The first-order valence-corrected chi connectivity index (χ1v) is 7.80. The largest absolute Gasteiger partial charge is 0.376 e. The maximum Gasteiger partial charge on any atom is 0.193 e. The molecule has 1 atom stereocenters. The molecule has 1 aromatic carbocycles. The number of nitrogens with one attached hydrogen (secondary N) is 1. The molecule has 1 saturated carbocycles. The van der Waals surface area contributed by atoms with Gasteiger partial charge in [0, 0.05) is 12.8 Å². The van der Waals surface area contributed by atoms with Gasteiger partial charge in [-0.3, -0.25) is 4.99 Å². The van der Waals surface area contributed by atoms with Crippen molar-refractivity contribution in [2.45, 2.75) is 51.0 Å². The van der Waals surface area contributed by atoms with Crippen molar-refractivity contribution in [3.63, 3.8) is 0 Å². The van der Waals surface area contributed by atoms with Crippen LogP contribution in [0.4, 0.5) is 5.69 Å². The van der Waals surface area contributed by atoms with Crippen molar-refractivity contribution in [2.75, 3.05) is 19.0 Å². The first kappa shape index (κ1) is 15.8. The van der Waals surface area contributed by atoms with E-state index in [1.54, 1.807) is 7.11 Å². The molecule has 4 heteroatoms. The zero-order chi connectivity index (χ0) is 15.3. The first-order valence-electron chi connectivity index (χ1n) is 7.80. The molecule has 3 N–H and O–H groups in total. The topological polar surface area (TPSA) is 59.6 Å². The number of nitrogens with zero attached hydrogens (tertiary/aromatic N) is 1. The van der Waals surface area contributed by atoms with E-state index < -0.39 is 0 Å². The lowest BCUT2D eigenvalue weighted by atomic mass is 9.80. The Kier molecular flexibility index (Phi) is 5.23. The molecule has 116 valence electrons. The minimum atomic E-state index is -0.0767. The SMILES string of the molecule is CCC(C)c1ccc(NC(N)=NCC2(OC)CCC2)cc1. The molecule has 0 amide bonds. The lowest BCUT2D eigenvalue weighted by Crippen LogP contribution is -2.43. The van der Waals surface area contributed by atoms with E-state index in [1.165, 1.54) is 12.0 Å². The van der Waals surface area contributed by atoms with Gasteiger partial charge < -0.3 is 15.8 Å². The molecule has 0 radical (unpaired) electrons. The molecular weight excluding hydrogens is 262 g/mol. The standard InChI is InChI=1S/C17H27N3O/c1-4-13(2)14-6-8-15(9-7-14)20-16(18)19-12-17(21-3)10-5-11-17/h6-9,13H,4-5,10-12H2,1-3H3,(H3,18,19,20). The molecule has 4 nitrogen and oxygen atoms in total. The van der Waals surface area contributed by atoms with Crippen molar-refractivity contribution in [2.24, 2.45) is 10.7 Å². The van der Waals surface area contributed by atoms with Crippen LogP contribution in [0, 0.1) is 0 Å². The average Bonchev–Trinajstić information content (AvgIpc) is 2.46. The van der Waals surface area contributed by atoms with Crippen LogP contribution in [-0.4, -0.2) is 25.2 Å². The molecule has 1 unspecified atom stereocenters. The molecular formula is C17H27N3O. The number of hydrogen-bond donors (Lipinski definition) is 2. The van der Waals surface area contributed by atoms with Gasteiger partial charge in [0.2, 0.25) is 0 Å². The van der Waals surface area contributed by atoms with Crippen LogP contribution in [0.2, 0.25) is 0 Å². The molecule has 1 aliphatic rings. The highest BCUT2D eigenvalue weighted by atomic mass is 16.5. The second-order valence-electron chi connectivity index (χ2n) is 6.00. The number of hydrogen-bond acceptors (Lipinski definition) is 2. The summed E-state index contributed by atoms with van der Waals surface area (Å²) in [7, 11) is 1.76. The maximum absolute atomic E-state index is 5.95. The summed E-state index contributed by atoms with van der Waals surface area (Å²) in [6.45, 7) is 5.07. The van der Waals surface area contributed by atoms with Gasteiger partial charge in [-0.15, -0.1) is 0 Å². The Hall–Kier alpha value is -1.55. The minimum Gasteiger partial charge on any atom is -0.376 e. The van der Waals surface area contributed by atoms with Gasteiger partial charge in [-0.05, 0) is 49.3 Å². The molecule has 0 aromatic heterocycles. The maximum atomic E-state index is 5.95. The number of ether oxygens (including phenoxy) is 1. The monoisotopic (exact) mass is 289 g/mol. The number of nitrogens with two attached hydrogens (primary N) is 1. The molecule has 1 aliphatic carbocycles. The third-order valence-electron chi connectivity index (χ3n) is 4.60. The number of anilines is 1. The van der Waals surface area contributed by atoms with Gasteiger partial charge in [0.1, 0.15) is 0 Å². The summed E-state index contributed by atoms with van der Waals surface area (Å²) in [5.74, 6) is 1.04. The highest BCUT2D eigenvalue weighted by Crippen LogP contribution is 2.35. The summed E-state index contributed by atoms with van der Waals surface area (Å²) < 4.78 is 5.54. The average molecular weight is 289 g/mol. The van der Waals surface area contributed by atoms with Gasteiger partial charge in [0.25, 0.3) is 0 Å². The van der Waals surface area contributed by atoms with Crippen LogP contribution < -0.4 is 11.1 Å². The Morgan fingerprint density at radius 2 is 2.05 bits per heavy atom. The van der Waals surface area contributed by atoms with Crippen LogP contribution in [0.15, 0.2) is 29.3 Å². The van der Waals surface area contributed by atoms with Gasteiger partial charge in [-0.1, -0.05) is 26.0 Å². The third kappa shape index (κ3) is 3.97. The zero-order valence-corrected chi connectivity index (χ0v) is 13.4. The van der Waals surface area contributed by atoms with E-state index in [2.05, 4.69) is 48.4 Å². The van der Waals surface area contributed by atoms with Gasteiger partial charge in [0.15, 0.2) is 5.96 Å². The van der Waals surface area contributed by atoms with Crippen LogP contribution >= 0.6 is 0 Å². The van der Waals surface area contributed by atoms with Crippen LogP contribution in [0.25, 0.3) is 0 Å². The molecule has 21 heavy (non-hydrogen) atoms. The van der Waals surface area contributed by atoms with Crippen molar-refractivity contribution in [3.8, 4) is 0 Å². The van der Waals surface area contributed by atoms with Gasteiger partial charge in [-0.2, -0.15) is 0 Å². The molecule has 0 spiro atoms. The van der Waals surface area contributed by atoms with Gasteiger partial charge in [-0.25, -0.2) is 0 Å². The Balaban J connectivity index is 1.91. The summed E-state index contributed by atoms with van der Waals surface area (Å²) in [4.78, 5) is 4.42.